The van der Waals surface area contributed by atoms with E-state index in [-0.39, 0.29) is 17.8 Å². The molecule has 1 amide bonds. The molecule has 2 aromatic carbocycles. The summed E-state index contributed by atoms with van der Waals surface area (Å²) in [6.07, 6.45) is 4.22. The van der Waals surface area contributed by atoms with E-state index < -0.39 is 0 Å². The Labute approximate surface area is 185 Å². The number of nitrogen functional groups attached to an aromatic ring is 1. The van der Waals surface area contributed by atoms with Gasteiger partial charge in [-0.05, 0) is 56.2 Å². The molecular formula is C23H24N8O. The predicted octanol–water partition coefficient (Wildman–Crippen LogP) is 3.97. The van der Waals surface area contributed by atoms with Crippen LogP contribution < -0.4 is 16.4 Å². The summed E-state index contributed by atoms with van der Waals surface area (Å²) in [6.45, 7) is 1.77. The van der Waals surface area contributed by atoms with Gasteiger partial charge in [0.15, 0.2) is 0 Å². The van der Waals surface area contributed by atoms with Crippen LogP contribution in [0.15, 0.2) is 48.5 Å². The van der Waals surface area contributed by atoms with Crippen LogP contribution in [0.25, 0.3) is 17.0 Å². The highest BCUT2D eigenvalue weighted by Crippen LogP contribution is 2.28. The molecule has 0 aliphatic heterocycles. The van der Waals surface area contributed by atoms with Crippen LogP contribution in [0.4, 0.5) is 23.3 Å². The zero-order valence-electron chi connectivity index (χ0n) is 17.7. The Morgan fingerprint density at radius 1 is 0.969 bits per heavy atom. The molecule has 0 saturated heterocycles. The van der Waals surface area contributed by atoms with Crippen molar-refractivity contribution in [1.82, 2.24) is 24.5 Å². The Morgan fingerprint density at radius 3 is 2.44 bits per heavy atom. The molecular weight excluding hydrogens is 404 g/mol. The lowest BCUT2D eigenvalue weighted by Crippen LogP contribution is -2.20. The van der Waals surface area contributed by atoms with E-state index in [9.17, 15) is 4.79 Å². The molecule has 0 unspecified atom stereocenters. The van der Waals surface area contributed by atoms with Gasteiger partial charge < -0.3 is 16.4 Å². The molecule has 9 nitrogen and oxygen atoms in total. The molecule has 0 atom stereocenters. The van der Waals surface area contributed by atoms with Gasteiger partial charge in [0.1, 0.15) is 5.82 Å². The number of rotatable bonds is 5. The molecule has 1 saturated carbocycles. The van der Waals surface area contributed by atoms with Crippen LogP contribution in [-0.4, -0.2) is 30.4 Å². The van der Waals surface area contributed by atoms with Gasteiger partial charge in [-0.25, -0.2) is 9.55 Å². The molecule has 0 radical (unpaired) electrons. The molecule has 32 heavy (non-hydrogen) atoms. The van der Waals surface area contributed by atoms with Gasteiger partial charge in [-0.3, -0.25) is 4.79 Å². The highest BCUT2D eigenvalue weighted by Gasteiger charge is 2.22. The van der Waals surface area contributed by atoms with Crippen molar-refractivity contribution in [2.24, 2.45) is 5.92 Å². The van der Waals surface area contributed by atoms with Crippen LogP contribution in [0.1, 0.15) is 31.5 Å². The minimum absolute atomic E-state index is 0.104. The lowest BCUT2D eigenvalue weighted by molar-refractivity contribution is -0.119. The van der Waals surface area contributed by atoms with Crippen LogP contribution in [0.2, 0.25) is 0 Å². The number of carbonyl (C=O) groups is 1. The number of para-hydroxylation sites is 2. The SMILES string of the molecule is Cc1nc(N)nc(-n2c(Nc3ccc(NC(=O)C4CCCC4)cc3)nc3ccccc32)n1. The number of hydrogen-bond donors (Lipinski definition) is 3. The Bertz CT molecular complexity index is 1250. The summed E-state index contributed by atoms with van der Waals surface area (Å²) in [6, 6.07) is 15.3. The number of imidazole rings is 1. The molecule has 1 aliphatic rings. The standard InChI is InChI=1S/C23H24N8O/c1-14-25-21(24)30-22(26-14)31-19-9-5-4-8-18(19)29-23(31)28-17-12-10-16(11-13-17)27-20(32)15-6-2-3-7-15/h4-5,8-13,15H,2-3,6-7H2,1H3,(H,27,32)(H,28,29)(H2,24,25,26,30). The van der Waals surface area contributed by atoms with Gasteiger partial charge in [0, 0.05) is 17.3 Å². The number of carbonyl (C=O) groups excluding carboxylic acids is 1. The van der Waals surface area contributed by atoms with Crippen LogP contribution in [0, 0.1) is 12.8 Å². The van der Waals surface area contributed by atoms with E-state index in [0.717, 1.165) is 48.1 Å². The first-order valence-corrected chi connectivity index (χ1v) is 10.7. The number of fused-ring (bicyclic) bond motifs is 1. The molecule has 5 rings (SSSR count). The van der Waals surface area contributed by atoms with Crippen molar-refractivity contribution in [2.45, 2.75) is 32.6 Å². The molecule has 1 aliphatic carbocycles. The number of amides is 1. The van der Waals surface area contributed by atoms with E-state index in [2.05, 4.69) is 25.6 Å². The number of anilines is 4. The Hall–Kier alpha value is -4.01. The second kappa shape index (κ2) is 8.26. The van der Waals surface area contributed by atoms with Crippen molar-refractivity contribution >= 4 is 40.2 Å². The third-order valence-electron chi connectivity index (χ3n) is 5.65. The monoisotopic (exact) mass is 428 g/mol. The average molecular weight is 429 g/mol. The first kappa shape index (κ1) is 19.9. The zero-order chi connectivity index (χ0) is 22.1. The van der Waals surface area contributed by atoms with E-state index in [1.807, 2.05) is 53.1 Å². The van der Waals surface area contributed by atoms with Gasteiger partial charge in [-0.15, -0.1) is 0 Å². The van der Waals surface area contributed by atoms with Crippen molar-refractivity contribution in [3.05, 3.63) is 54.4 Å². The zero-order valence-corrected chi connectivity index (χ0v) is 17.7. The van der Waals surface area contributed by atoms with Gasteiger partial charge in [-0.2, -0.15) is 15.0 Å². The van der Waals surface area contributed by atoms with E-state index >= 15 is 0 Å². The summed E-state index contributed by atoms with van der Waals surface area (Å²) < 4.78 is 1.82. The van der Waals surface area contributed by atoms with E-state index in [1.165, 1.54) is 0 Å². The first-order valence-electron chi connectivity index (χ1n) is 10.7. The van der Waals surface area contributed by atoms with Crippen molar-refractivity contribution in [1.29, 1.82) is 0 Å². The number of nitrogens with one attached hydrogen (secondary N) is 2. The number of nitrogens with two attached hydrogens (primary N) is 1. The van der Waals surface area contributed by atoms with Crippen LogP contribution in [0.3, 0.4) is 0 Å². The minimum Gasteiger partial charge on any atom is -0.368 e. The summed E-state index contributed by atoms with van der Waals surface area (Å²) in [7, 11) is 0. The molecule has 9 heteroatoms. The fraction of sp³-hybridized carbons (Fsp3) is 0.261. The minimum atomic E-state index is 0.104. The van der Waals surface area contributed by atoms with Gasteiger partial charge in [0.05, 0.1) is 11.0 Å². The number of aromatic nitrogens is 5. The molecule has 162 valence electrons. The molecule has 0 bridgehead atoms. The molecule has 2 aromatic heterocycles. The normalized spacial score (nSPS) is 14.0. The maximum Gasteiger partial charge on any atom is 0.242 e. The smallest absolute Gasteiger partial charge is 0.242 e. The third kappa shape index (κ3) is 3.96. The number of nitrogens with zero attached hydrogens (tertiary/aromatic N) is 5. The summed E-state index contributed by atoms with van der Waals surface area (Å²) >= 11 is 0. The molecule has 2 heterocycles. The maximum absolute atomic E-state index is 12.4. The summed E-state index contributed by atoms with van der Waals surface area (Å²) in [5, 5.41) is 6.35. The van der Waals surface area contributed by atoms with Gasteiger partial charge in [0.25, 0.3) is 0 Å². The first-order chi connectivity index (χ1) is 15.6. The van der Waals surface area contributed by atoms with Crippen molar-refractivity contribution in [3.63, 3.8) is 0 Å². The van der Waals surface area contributed by atoms with Crippen LogP contribution in [0.5, 0.6) is 0 Å². The van der Waals surface area contributed by atoms with Gasteiger partial charge >= 0.3 is 0 Å². The Kier molecular flexibility index (Phi) is 5.14. The molecule has 0 spiro atoms. The fourth-order valence-electron chi connectivity index (χ4n) is 4.10. The number of hydrogen-bond acceptors (Lipinski definition) is 7. The second-order valence-electron chi connectivity index (χ2n) is 7.97. The second-order valence-corrected chi connectivity index (χ2v) is 7.97. The third-order valence-corrected chi connectivity index (χ3v) is 5.65. The summed E-state index contributed by atoms with van der Waals surface area (Å²) in [5.41, 5.74) is 9.11. The maximum atomic E-state index is 12.4. The highest BCUT2D eigenvalue weighted by atomic mass is 16.1. The lowest BCUT2D eigenvalue weighted by atomic mass is 10.1. The highest BCUT2D eigenvalue weighted by molar-refractivity contribution is 5.93. The van der Waals surface area contributed by atoms with Crippen LogP contribution >= 0.6 is 0 Å². The van der Waals surface area contributed by atoms with E-state index in [0.29, 0.717) is 17.7 Å². The fourth-order valence-corrected chi connectivity index (χ4v) is 4.10. The Balaban J connectivity index is 1.43. The number of aryl methyl sites for hydroxylation is 1. The van der Waals surface area contributed by atoms with Crippen molar-refractivity contribution in [2.75, 3.05) is 16.4 Å². The number of benzene rings is 2. The average Bonchev–Trinajstić information content (AvgIpc) is 3.42. The summed E-state index contributed by atoms with van der Waals surface area (Å²) in [4.78, 5) is 29.9. The van der Waals surface area contributed by atoms with Gasteiger partial charge in [0.2, 0.25) is 23.8 Å². The van der Waals surface area contributed by atoms with E-state index in [1.54, 1.807) is 6.92 Å². The van der Waals surface area contributed by atoms with Gasteiger partial charge in [-0.1, -0.05) is 25.0 Å². The topological polar surface area (TPSA) is 124 Å². The molecule has 4 N–H and O–H groups in total. The van der Waals surface area contributed by atoms with Crippen molar-refractivity contribution in [3.8, 4) is 5.95 Å². The van der Waals surface area contributed by atoms with E-state index in [4.69, 9.17) is 10.7 Å². The lowest BCUT2D eigenvalue weighted by Gasteiger charge is -2.12. The quantitative estimate of drug-likeness (QED) is 0.439. The summed E-state index contributed by atoms with van der Waals surface area (Å²) in [5.74, 6) is 1.86. The largest absolute Gasteiger partial charge is 0.368 e. The Morgan fingerprint density at radius 2 is 1.69 bits per heavy atom. The van der Waals surface area contributed by atoms with Crippen LogP contribution in [-0.2, 0) is 4.79 Å². The predicted molar refractivity (Wildman–Crippen MR) is 124 cm³/mol. The molecule has 4 aromatic rings. The van der Waals surface area contributed by atoms with Crippen molar-refractivity contribution < 1.29 is 4.79 Å². The molecule has 1 fully saturated rings.